The first-order chi connectivity index (χ1) is 4.48. The first kappa shape index (κ1) is 8.87. The van der Waals surface area contributed by atoms with Gasteiger partial charge in [0.05, 0.1) is 5.41 Å². The Bertz CT molecular complexity index is 143. The summed E-state index contributed by atoms with van der Waals surface area (Å²) in [6.45, 7) is 2.76. The largest absolute Gasteiger partial charge is 0.313 e. The van der Waals surface area contributed by atoms with Gasteiger partial charge in [-0.05, 0) is 0 Å². The summed E-state index contributed by atoms with van der Waals surface area (Å²) in [5.41, 5.74) is -0.896. The summed E-state index contributed by atoms with van der Waals surface area (Å²) >= 11 is 0. The Balaban J connectivity index is 3.67. The van der Waals surface area contributed by atoms with E-state index in [9.17, 15) is 14.9 Å². The summed E-state index contributed by atoms with van der Waals surface area (Å²) in [6.07, 6.45) is 1.62. The van der Waals surface area contributed by atoms with Gasteiger partial charge in [-0.3, -0.25) is 4.79 Å². The number of hydrogen-bond acceptors (Lipinski definition) is 4. The highest BCUT2D eigenvalue weighted by Gasteiger charge is 2.19. The molecule has 1 radical (unpaired) electrons. The van der Waals surface area contributed by atoms with Crippen LogP contribution in [0.25, 0.3) is 0 Å². The molecule has 0 aromatic rings. The molecule has 0 aromatic carbocycles. The Hall–Kier alpha value is -1.13. The maximum Gasteiger partial charge on any atom is 0.294 e. The van der Waals surface area contributed by atoms with Crippen molar-refractivity contribution in [2.45, 2.75) is 13.8 Å². The summed E-state index contributed by atoms with van der Waals surface area (Å²) in [5.74, 6) is 0. The molecule has 0 atom stereocenters. The topological polar surface area (TPSA) is 69.4 Å². The molecule has 0 amide bonds. The highest BCUT2D eigenvalue weighted by atomic mass is 16.9. The van der Waals surface area contributed by atoms with Crippen molar-refractivity contribution < 1.29 is 14.7 Å². The average molecular weight is 146 g/mol. The standard InChI is InChI=1S/C5H8NO4/c1-5(2,3-7)4-10-6(8)9/h4H2,1-2H3. The van der Waals surface area contributed by atoms with Crippen LogP contribution in [0.5, 0.6) is 0 Å². The van der Waals surface area contributed by atoms with E-state index >= 15 is 0 Å². The van der Waals surface area contributed by atoms with Crippen LogP contribution in [0.2, 0.25) is 0 Å². The summed E-state index contributed by atoms with van der Waals surface area (Å²) < 4.78 is 0. The van der Waals surface area contributed by atoms with Crippen molar-refractivity contribution >= 4 is 6.29 Å². The molecule has 0 rings (SSSR count). The van der Waals surface area contributed by atoms with E-state index in [4.69, 9.17) is 0 Å². The molecule has 0 saturated heterocycles. The summed E-state index contributed by atoms with van der Waals surface area (Å²) in [7, 11) is 0. The molecule has 0 bridgehead atoms. The first-order valence-electron chi connectivity index (χ1n) is 2.64. The minimum atomic E-state index is -0.931. The fraction of sp³-hybridized carbons (Fsp3) is 0.800. The predicted molar refractivity (Wildman–Crippen MR) is 32.4 cm³/mol. The highest BCUT2D eigenvalue weighted by Crippen LogP contribution is 2.10. The van der Waals surface area contributed by atoms with Crippen molar-refractivity contribution in [1.29, 1.82) is 0 Å². The molecule has 57 valence electrons. The number of nitrogens with zero attached hydrogens (tertiary/aromatic N) is 1. The molecule has 0 unspecified atom stereocenters. The Morgan fingerprint density at radius 1 is 1.70 bits per heavy atom. The van der Waals surface area contributed by atoms with Gasteiger partial charge in [-0.25, -0.2) is 0 Å². The monoisotopic (exact) mass is 146 g/mol. The molecule has 0 N–H and O–H groups in total. The second-order valence-electron chi connectivity index (χ2n) is 2.48. The Kier molecular flexibility index (Phi) is 2.79. The van der Waals surface area contributed by atoms with E-state index in [1.165, 1.54) is 13.8 Å². The van der Waals surface area contributed by atoms with Crippen LogP contribution >= 0.6 is 0 Å². The minimum absolute atomic E-state index is 0.247. The van der Waals surface area contributed by atoms with E-state index < -0.39 is 10.5 Å². The van der Waals surface area contributed by atoms with Gasteiger partial charge in [-0.2, -0.15) is 0 Å². The third kappa shape index (κ3) is 3.82. The van der Waals surface area contributed by atoms with Gasteiger partial charge < -0.3 is 4.84 Å². The molecule has 0 fully saturated rings. The van der Waals surface area contributed by atoms with E-state index in [0.29, 0.717) is 0 Å². The maximum atomic E-state index is 10.0. The van der Waals surface area contributed by atoms with E-state index in [1.54, 1.807) is 6.29 Å². The highest BCUT2D eigenvalue weighted by molar-refractivity contribution is 5.58. The van der Waals surface area contributed by atoms with E-state index in [-0.39, 0.29) is 6.61 Å². The smallest absolute Gasteiger partial charge is 0.294 e. The summed E-state index contributed by atoms with van der Waals surface area (Å²) in [4.78, 5) is 23.6. The Morgan fingerprint density at radius 3 is 2.50 bits per heavy atom. The maximum absolute atomic E-state index is 10.0. The van der Waals surface area contributed by atoms with Crippen molar-refractivity contribution in [3.8, 4) is 0 Å². The number of rotatable bonds is 4. The lowest BCUT2D eigenvalue weighted by atomic mass is 9.98. The lowest BCUT2D eigenvalue weighted by Crippen LogP contribution is -2.22. The van der Waals surface area contributed by atoms with Crippen LogP contribution in [0, 0.1) is 15.5 Å². The molecule has 10 heavy (non-hydrogen) atoms. The second kappa shape index (κ2) is 3.14. The zero-order chi connectivity index (χ0) is 8.20. The third-order valence-electron chi connectivity index (χ3n) is 0.807. The molecular weight excluding hydrogens is 138 g/mol. The molecule has 5 nitrogen and oxygen atoms in total. The second-order valence-corrected chi connectivity index (χ2v) is 2.48. The number of carbonyl (C=O) groups excluding carboxylic acids is 1. The zero-order valence-corrected chi connectivity index (χ0v) is 5.79. The van der Waals surface area contributed by atoms with Crippen LogP contribution < -0.4 is 0 Å². The average Bonchev–Trinajstić information content (AvgIpc) is 1.85. The quantitative estimate of drug-likeness (QED) is 0.423. The SMILES string of the molecule is CC(C)([C]=O)CO[N+](=O)[O-]. The Morgan fingerprint density at radius 2 is 2.20 bits per heavy atom. The lowest BCUT2D eigenvalue weighted by molar-refractivity contribution is -0.759. The number of hydrogen-bond donors (Lipinski definition) is 0. The van der Waals surface area contributed by atoms with E-state index in [0.717, 1.165) is 0 Å². The van der Waals surface area contributed by atoms with E-state index in [2.05, 4.69) is 4.84 Å². The molecule has 0 aliphatic carbocycles. The normalized spacial score (nSPS) is 10.6. The van der Waals surface area contributed by atoms with Gasteiger partial charge in [0.15, 0.2) is 0 Å². The minimum Gasteiger partial charge on any atom is -0.313 e. The van der Waals surface area contributed by atoms with Crippen molar-refractivity contribution in [2.75, 3.05) is 6.61 Å². The third-order valence-corrected chi connectivity index (χ3v) is 0.807. The summed E-state index contributed by atoms with van der Waals surface area (Å²) in [5, 5.41) is 8.68. The van der Waals surface area contributed by atoms with Crippen molar-refractivity contribution in [3.05, 3.63) is 10.1 Å². The Labute approximate surface area is 58.1 Å². The molecular formula is C5H8NO4. The fourth-order valence-corrected chi connectivity index (χ4v) is 0.244. The lowest BCUT2D eigenvalue weighted by Gasteiger charge is -2.12. The van der Waals surface area contributed by atoms with Crippen molar-refractivity contribution in [1.82, 2.24) is 0 Å². The van der Waals surface area contributed by atoms with Crippen LogP contribution in [-0.2, 0) is 9.63 Å². The van der Waals surface area contributed by atoms with Gasteiger partial charge in [0, 0.05) is 0 Å². The molecule has 0 aromatic heterocycles. The van der Waals surface area contributed by atoms with Crippen LogP contribution in [0.1, 0.15) is 13.8 Å². The summed E-state index contributed by atoms with van der Waals surface area (Å²) in [6, 6.07) is 0. The zero-order valence-electron chi connectivity index (χ0n) is 5.79. The molecule has 0 saturated carbocycles. The van der Waals surface area contributed by atoms with E-state index in [1.807, 2.05) is 0 Å². The van der Waals surface area contributed by atoms with Gasteiger partial charge in [0.2, 0.25) is 6.29 Å². The molecule has 5 heteroatoms. The van der Waals surface area contributed by atoms with Crippen molar-refractivity contribution in [2.24, 2.45) is 5.41 Å². The van der Waals surface area contributed by atoms with Gasteiger partial charge in [-0.1, -0.05) is 13.8 Å². The molecule has 0 aliphatic heterocycles. The molecule has 0 aliphatic rings. The fourth-order valence-electron chi connectivity index (χ4n) is 0.244. The molecule has 0 spiro atoms. The van der Waals surface area contributed by atoms with Crippen LogP contribution in [0.3, 0.4) is 0 Å². The van der Waals surface area contributed by atoms with Crippen LogP contribution in [-0.4, -0.2) is 18.0 Å². The van der Waals surface area contributed by atoms with Gasteiger partial charge in [-0.15, -0.1) is 10.1 Å². The van der Waals surface area contributed by atoms with Crippen LogP contribution in [0.4, 0.5) is 0 Å². The molecule has 0 heterocycles. The van der Waals surface area contributed by atoms with Crippen LogP contribution in [0.15, 0.2) is 0 Å². The predicted octanol–water partition coefficient (Wildman–Crippen LogP) is 0.331. The first-order valence-corrected chi connectivity index (χ1v) is 2.64. The van der Waals surface area contributed by atoms with Crippen molar-refractivity contribution in [3.63, 3.8) is 0 Å². The van der Waals surface area contributed by atoms with Gasteiger partial charge in [0.25, 0.3) is 5.09 Å². The van der Waals surface area contributed by atoms with Gasteiger partial charge >= 0.3 is 0 Å². The van der Waals surface area contributed by atoms with Gasteiger partial charge in [0.1, 0.15) is 6.61 Å².